The molecule has 0 saturated carbocycles. The normalized spacial score (nSPS) is 17.1. The highest BCUT2D eigenvalue weighted by Crippen LogP contribution is 2.80. The van der Waals surface area contributed by atoms with E-state index in [1.54, 1.807) is 0 Å². The van der Waals surface area contributed by atoms with Gasteiger partial charge < -0.3 is 18.5 Å². The van der Waals surface area contributed by atoms with Gasteiger partial charge >= 0.3 is 6.85 Å². The van der Waals surface area contributed by atoms with E-state index >= 15 is 0 Å². The molecule has 332 valence electrons. The van der Waals surface area contributed by atoms with Crippen LogP contribution in [0.5, 0.6) is 0 Å². The van der Waals surface area contributed by atoms with E-state index in [-0.39, 0.29) is 17.7 Å². The van der Waals surface area contributed by atoms with E-state index in [0.29, 0.717) is 0 Å². The monoisotopic (exact) mass is 908 g/mol. The van der Waals surface area contributed by atoms with Crippen LogP contribution in [0.15, 0.2) is 210 Å². The van der Waals surface area contributed by atoms with Crippen molar-refractivity contribution in [1.82, 2.24) is 0 Å². The number of hydrogen-bond donors (Lipinski definition) is 0. The molecule has 5 heterocycles. The van der Waals surface area contributed by atoms with Gasteiger partial charge in [0.2, 0.25) is 0 Å². The fourth-order valence-electron chi connectivity index (χ4n) is 13.1. The zero-order chi connectivity index (χ0) is 46.1. The highest BCUT2D eigenvalue weighted by Gasteiger charge is 2.53. The van der Waals surface area contributed by atoms with Gasteiger partial charge in [-0.1, -0.05) is 137 Å². The molecule has 0 fully saturated rings. The van der Waals surface area contributed by atoms with Gasteiger partial charge in [0, 0.05) is 81.1 Å². The summed E-state index contributed by atoms with van der Waals surface area (Å²) in [5, 5.41) is 4.50. The van der Waals surface area contributed by atoms with Crippen LogP contribution in [-0.4, -0.2) is 6.85 Å². The minimum Gasteiger partial charge on any atom is -0.456 e. The number of hydrogen-bond acceptors (Lipinski definition) is 4. The molecule has 0 atom stereocenters. The van der Waals surface area contributed by atoms with Crippen molar-refractivity contribution in [2.24, 2.45) is 0 Å². The van der Waals surface area contributed by atoms with Crippen molar-refractivity contribution in [3.05, 3.63) is 199 Å². The first-order chi connectivity index (χ1) is 33.6. The number of para-hydroxylation sites is 4. The van der Waals surface area contributed by atoms with E-state index in [1.807, 2.05) is 0 Å². The third-order valence-corrected chi connectivity index (χ3v) is 20.4. The molecule has 11 aromatic rings. The number of furan rings is 2. The molecule has 6 heteroatoms. The maximum absolute atomic E-state index is 7.24. The second-order valence-corrected chi connectivity index (χ2v) is 24.1. The highest BCUT2D eigenvalue weighted by atomic mass is 32.3. The van der Waals surface area contributed by atoms with Crippen LogP contribution in [-0.2, 0) is 10.8 Å². The summed E-state index contributed by atoms with van der Waals surface area (Å²) in [5.41, 5.74) is 18.8. The van der Waals surface area contributed by atoms with Gasteiger partial charge in [0.1, 0.15) is 22.3 Å². The summed E-state index contributed by atoms with van der Waals surface area (Å²) in [4.78, 5) is 10.7. The van der Waals surface area contributed by atoms with Crippen LogP contribution in [0.2, 0.25) is 0 Å². The molecule has 0 N–H and O–H groups in total. The van der Waals surface area contributed by atoms with Crippen molar-refractivity contribution < 1.29 is 8.83 Å². The molecule has 0 unspecified atom stereocenters. The molecular formula is C63H49BN2O2S. The lowest BCUT2D eigenvalue weighted by Gasteiger charge is -2.54. The summed E-state index contributed by atoms with van der Waals surface area (Å²) >= 11 is 0. The molecule has 0 radical (unpaired) electrons. The Bertz CT molecular complexity index is 3980. The van der Waals surface area contributed by atoms with Gasteiger partial charge in [-0.2, -0.15) is 0 Å². The second-order valence-electron chi connectivity index (χ2n) is 21.1. The average molecular weight is 909 g/mol. The van der Waals surface area contributed by atoms with Crippen LogP contribution in [0, 0.1) is 6.92 Å². The number of nitrogens with zero attached hydrogens (tertiary/aromatic N) is 2. The Morgan fingerprint density at radius 1 is 0.493 bits per heavy atom. The first-order valence-corrected chi connectivity index (χ1v) is 26.1. The maximum Gasteiger partial charge on any atom is 0.333 e. The van der Waals surface area contributed by atoms with Gasteiger partial charge in [0.25, 0.3) is 0 Å². The number of rotatable bonds is 3. The standard InChI is InChI=1S/C63H49BN2O2S/c1-38-33-46-47(63(4,5)32-31-62(46,2)3)36-50(38)65-51-37-55-44(41-23-12-15-27-53(41)67-55)34-48(51)64-59-52(65)35-45-42-24-13-16-28-54(42)68-61(45)58(59)43-25-18-30-57-60(43)66(64)49-26-14-17-29-56(49)69(57,39-19-8-6-9-20-39)40-21-10-7-11-22-40/h6-30,33-37H,31-32H2,1-5H3. The summed E-state index contributed by atoms with van der Waals surface area (Å²) in [6, 6.07) is 68.6. The molecule has 9 aromatic carbocycles. The smallest absolute Gasteiger partial charge is 0.333 e. The molecule has 4 aliphatic rings. The summed E-state index contributed by atoms with van der Waals surface area (Å²) in [6.07, 6.45) is 2.30. The van der Waals surface area contributed by atoms with Crippen LogP contribution in [0.4, 0.5) is 28.4 Å². The summed E-state index contributed by atoms with van der Waals surface area (Å²) in [6.45, 7) is 11.9. The predicted octanol–water partition coefficient (Wildman–Crippen LogP) is 16.5. The third kappa shape index (κ3) is 5.07. The van der Waals surface area contributed by atoms with Crippen LogP contribution in [0.3, 0.4) is 0 Å². The SMILES string of the molecule is Cc1cc2c(cc1N1c3cc4oc5ccccc5c4cc3B3c4c1cc1c(oc5ccccc51)c4-c1cccc4c1N3c1ccccc1S4(c1ccccc1)c1ccccc1)C(C)(C)CCC2(C)C. The number of fused-ring (bicyclic) bond motifs is 14. The fraction of sp³-hybridized carbons (Fsp3) is 0.143. The van der Waals surface area contributed by atoms with Crippen LogP contribution < -0.4 is 20.6 Å². The van der Waals surface area contributed by atoms with Crippen LogP contribution in [0.1, 0.15) is 57.2 Å². The quantitative estimate of drug-likeness (QED) is 0.165. The van der Waals surface area contributed by atoms with Gasteiger partial charge in [-0.25, -0.2) is 0 Å². The van der Waals surface area contributed by atoms with E-state index in [1.165, 1.54) is 81.1 Å². The molecule has 4 nitrogen and oxygen atoms in total. The van der Waals surface area contributed by atoms with Crippen LogP contribution in [0.25, 0.3) is 55.0 Å². The number of aryl methyl sites for hydroxylation is 1. The highest BCUT2D eigenvalue weighted by molar-refractivity contribution is 8.34. The predicted molar refractivity (Wildman–Crippen MR) is 288 cm³/mol. The molecule has 0 bridgehead atoms. The number of anilines is 5. The molecule has 0 spiro atoms. The zero-order valence-corrected chi connectivity index (χ0v) is 40.2. The summed E-state index contributed by atoms with van der Waals surface area (Å²) in [5.74, 6) is 0. The van der Waals surface area contributed by atoms with Gasteiger partial charge in [-0.3, -0.25) is 0 Å². The lowest BCUT2D eigenvalue weighted by atomic mass is 9.43. The van der Waals surface area contributed by atoms with Gasteiger partial charge in [0.15, 0.2) is 0 Å². The van der Waals surface area contributed by atoms with Crippen molar-refractivity contribution in [2.45, 2.75) is 77.9 Å². The van der Waals surface area contributed by atoms with E-state index < -0.39 is 10.0 Å². The molecule has 15 rings (SSSR count). The molecule has 1 aliphatic carbocycles. The van der Waals surface area contributed by atoms with Crippen LogP contribution >= 0.6 is 10.0 Å². The number of benzene rings is 9. The second kappa shape index (κ2) is 13.6. The first-order valence-electron chi connectivity index (χ1n) is 24.5. The Hall–Kier alpha value is -7.41. The van der Waals surface area contributed by atoms with Gasteiger partial charge in [0.05, 0.1) is 5.69 Å². The molecule has 2 aromatic heterocycles. The Balaban J connectivity index is 1.15. The van der Waals surface area contributed by atoms with E-state index in [0.717, 1.165) is 62.4 Å². The van der Waals surface area contributed by atoms with E-state index in [2.05, 4.69) is 226 Å². The molecular weight excluding hydrogens is 860 g/mol. The Morgan fingerprint density at radius 3 is 1.83 bits per heavy atom. The zero-order valence-electron chi connectivity index (χ0n) is 39.4. The van der Waals surface area contributed by atoms with Crippen molar-refractivity contribution in [3.8, 4) is 11.1 Å². The topological polar surface area (TPSA) is 32.8 Å². The van der Waals surface area contributed by atoms with Crippen molar-refractivity contribution in [3.63, 3.8) is 0 Å². The Kier molecular flexibility index (Phi) is 7.83. The van der Waals surface area contributed by atoms with E-state index in [9.17, 15) is 0 Å². The fourth-order valence-corrected chi connectivity index (χ4v) is 17.3. The third-order valence-electron chi connectivity index (χ3n) is 16.4. The van der Waals surface area contributed by atoms with Crippen molar-refractivity contribution >= 4 is 100 Å². The largest absolute Gasteiger partial charge is 0.456 e. The Labute approximate surface area is 404 Å². The first kappa shape index (κ1) is 39.6. The summed E-state index contributed by atoms with van der Waals surface area (Å²) in [7, 11) is -2.03. The van der Waals surface area contributed by atoms with Crippen molar-refractivity contribution in [1.29, 1.82) is 0 Å². The maximum atomic E-state index is 7.24. The molecule has 0 amide bonds. The average Bonchev–Trinajstić information content (AvgIpc) is 3.94. The molecule has 0 saturated heterocycles. The van der Waals surface area contributed by atoms with Gasteiger partial charge in [-0.05, 0) is 125 Å². The van der Waals surface area contributed by atoms with E-state index in [4.69, 9.17) is 8.83 Å². The minimum atomic E-state index is -2.03. The van der Waals surface area contributed by atoms with Gasteiger partial charge in [-0.15, -0.1) is 10.0 Å². The summed E-state index contributed by atoms with van der Waals surface area (Å²) < 4.78 is 14.1. The Morgan fingerprint density at radius 2 is 1.10 bits per heavy atom. The lowest BCUT2D eigenvalue weighted by Crippen LogP contribution is -2.62. The van der Waals surface area contributed by atoms with Crippen molar-refractivity contribution in [2.75, 3.05) is 9.71 Å². The minimum absolute atomic E-state index is 0.0144. The molecule has 69 heavy (non-hydrogen) atoms. The lowest BCUT2D eigenvalue weighted by molar-refractivity contribution is 0.332. The molecule has 3 aliphatic heterocycles.